The number of halogens is 1. The number of ether oxygens (including phenoxy) is 1. The van der Waals surface area contributed by atoms with Gasteiger partial charge in [-0.15, -0.1) is 10.2 Å². The zero-order valence-corrected chi connectivity index (χ0v) is 20.4. The molecule has 4 rings (SSSR count). The van der Waals surface area contributed by atoms with Crippen LogP contribution in [0.25, 0.3) is 15.5 Å². The zero-order valence-electron chi connectivity index (χ0n) is 18.0. The summed E-state index contributed by atoms with van der Waals surface area (Å²) in [7, 11) is 0. The van der Waals surface area contributed by atoms with E-state index in [-0.39, 0.29) is 11.0 Å². The molecule has 0 spiro atoms. The van der Waals surface area contributed by atoms with Gasteiger partial charge >= 0.3 is 0 Å². The second-order valence-corrected chi connectivity index (χ2v) is 8.75. The van der Waals surface area contributed by atoms with Crippen LogP contribution in [0.1, 0.15) is 35.6 Å². The number of hydrogen-bond donors (Lipinski definition) is 2. The summed E-state index contributed by atoms with van der Waals surface area (Å²) in [4.78, 5) is 13.2. The van der Waals surface area contributed by atoms with Gasteiger partial charge in [0.05, 0.1) is 11.6 Å². The molecule has 0 fully saturated rings. The minimum Gasteiger partial charge on any atom is -0.492 e. The highest BCUT2D eigenvalue weighted by atomic mass is 35.5. The smallest absolute Gasteiger partial charge is 0.257 e. The molecular weight excluding hydrogens is 480 g/mol. The molecule has 8 nitrogen and oxygen atoms in total. The average molecular weight is 501 g/mol. The first-order chi connectivity index (χ1) is 16.0. The molecule has 170 valence electrons. The van der Waals surface area contributed by atoms with Gasteiger partial charge in [-0.1, -0.05) is 54.1 Å². The molecule has 2 aromatic heterocycles. The summed E-state index contributed by atoms with van der Waals surface area (Å²) in [6.45, 7) is 4.85. The van der Waals surface area contributed by atoms with Gasteiger partial charge in [-0.3, -0.25) is 10.1 Å². The molecule has 0 saturated carbocycles. The van der Waals surface area contributed by atoms with E-state index in [0.29, 0.717) is 29.5 Å². The Morgan fingerprint density at radius 2 is 1.97 bits per heavy atom. The van der Waals surface area contributed by atoms with Gasteiger partial charge in [0.1, 0.15) is 10.8 Å². The first-order valence-electron chi connectivity index (χ1n) is 10.3. The van der Waals surface area contributed by atoms with Gasteiger partial charge in [-0.2, -0.15) is 9.61 Å². The molecule has 0 bridgehead atoms. The van der Waals surface area contributed by atoms with Gasteiger partial charge in [0.15, 0.2) is 10.9 Å². The number of carbonyl (C=O) groups excluding carboxylic acids is 1. The van der Waals surface area contributed by atoms with Crippen molar-refractivity contribution >= 4 is 51.1 Å². The van der Waals surface area contributed by atoms with Crippen molar-refractivity contribution in [2.24, 2.45) is 0 Å². The van der Waals surface area contributed by atoms with Crippen LogP contribution in [0.5, 0.6) is 5.75 Å². The normalized spacial score (nSPS) is 10.9. The molecule has 2 heterocycles. The Morgan fingerprint density at radius 1 is 1.18 bits per heavy atom. The predicted octanol–water partition coefficient (Wildman–Crippen LogP) is 4.27. The Hall–Kier alpha value is -3.08. The maximum Gasteiger partial charge on any atom is 0.257 e. The number of nitrogens with zero attached hydrogens (tertiary/aromatic N) is 4. The highest BCUT2D eigenvalue weighted by Crippen LogP contribution is 2.26. The van der Waals surface area contributed by atoms with Crippen LogP contribution in [0.4, 0.5) is 0 Å². The minimum absolute atomic E-state index is 0.231. The summed E-state index contributed by atoms with van der Waals surface area (Å²) in [6, 6.07) is 12.8. The number of amides is 1. The van der Waals surface area contributed by atoms with Crippen LogP contribution < -0.4 is 15.4 Å². The van der Waals surface area contributed by atoms with Crippen LogP contribution in [-0.2, 0) is 13.0 Å². The number of nitrogens with one attached hydrogen (secondary N) is 2. The molecule has 2 aromatic carbocycles. The summed E-state index contributed by atoms with van der Waals surface area (Å²) < 4.78 is 7.17. The maximum atomic E-state index is 12.4. The lowest BCUT2D eigenvalue weighted by Gasteiger charge is -2.11. The van der Waals surface area contributed by atoms with E-state index in [1.165, 1.54) is 11.3 Å². The number of aryl methyl sites for hydroxylation is 1. The number of aromatic nitrogens is 4. The fraction of sp³-hybridized carbons (Fsp3) is 0.227. The number of rotatable bonds is 7. The molecule has 2 N–H and O–H groups in total. The molecular formula is C22H21ClN6O2S2. The van der Waals surface area contributed by atoms with Crippen LogP contribution in [0.2, 0.25) is 5.02 Å². The molecule has 0 atom stereocenters. The third-order valence-corrected chi connectivity index (χ3v) is 6.24. The van der Waals surface area contributed by atoms with E-state index in [4.69, 9.17) is 28.6 Å². The number of benzene rings is 2. The first kappa shape index (κ1) is 23.1. The lowest BCUT2D eigenvalue weighted by molar-refractivity contribution is 0.0976. The van der Waals surface area contributed by atoms with Crippen molar-refractivity contribution in [2.75, 3.05) is 6.61 Å². The quantitative estimate of drug-likeness (QED) is 0.366. The van der Waals surface area contributed by atoms with Crippen LogP contribution in [0.3, 0.4) is 0 Å². The summed E-state index contributed by atoms with van der Waals surface area (Å²) in [5.41, 5.74) is 2.41. The molecule has 1 amide bonds. The number of thiocarbonyl (C=S) groups is 1. The van der Waals surface area contributed by atoms with Crippen LogP contribution >= 0.6 is 35.2 Å². The number of hydrogen-bond acceptors (Lipinski definition) is 7. The molecule has 0 aliphatic carbocycles. The molecule has 0 aliphatic heterocycles. The van der Waals surface area contributed by atoms with Gasteiger partial charge in [-0.25, -0.2) is 0 Å². The van der Waals surface area contributed by atoms with E-state index < -0.39 is 0 Å². The van der Waals surface area contributed by atoms with Crippen molar-refractivity contribution in [3.63, 3.8) is 0 Å². The second-order valence-electron chi connectivity index (χ2n) is 6.98. The molecule has 4 aromatic rings. The Morgan fingerprint density at radius 3 is 2.67 bits per heavy atom. The van der Waals surface area contributed by atoms with E-state index in [0.717, 1.165) is 33.3 Å². The molecule has 33 heavy (non-hydrogen) atoms. The largest absolute Gasteiger partial charge is 0.492 e. The van der Waals surface area contributed by atoms with E-state index >= 15 is 0 Å². The third-order valence-electron chi connectivity index (χ3n) is 4.75. The Kier molecular flexibility index (Phi) is 7.17. The summed E-state index contributed by atoms with van der Waals surface area (Å²) in [5.74, 6) is 1.04. The van der Waals surface area contributed by atoms with Crippen molar-refractivity contribution in [1.29, 1.82) is 0 Å². The number of carbonyl (C=O) groups is 1. The Labute approximate surface area is 204 Å². The third kappa shape index (κ3) is 5.29. The monoisotopic (exact) mass is 500 g/mol. The van der Waals surface area contributed by atoms with Crippen molar-refractivity contribution in [3.05, 3.63) is 64.4 Å². The van der Waals surface area contributed by atoms with Gasteiger partial charge in [0.2, 0.25) is 4.96 Å². The predicted molar refractivity (Wildman–Crippen MR) is 133 cm³/mol. The van der Waals surface area contributed by atoms with E-state index in [9.17, 15) is 4.79 Å². The molecule has 0 unspecified atom stereocenters. The first-order valence-corrected chi connectivity index (χ1v) is 11.9. The average Bonchev–Trinajstić information content (AvgIpc) is 3.40. The zero-order chi connectivity index (χ0) is 23.4. The van der Waals surface area contributed by atoms with Gasteiger partial charge in [0, 0.05) is 24.1 Å². The highest BCUT2D eigenvalue weighted by Gasteiger charge is 2.13. The van der Waals surface area contributed by atoms with E-state index in [1.807, 2.05) is 38.1 Å². The fourth-order valence-corrected chi connectivity index (χ4v) is 4.34. The summed E-state index contributed by atoms with van der Waals surface area (Å²) >= 11 is 12.9. The lowest BCUT2D eigenvalue weighted by atomic mass is 10.1. The van der Waals surface area contributed by atoms with Crippen molar-refractivity contribution in [3.8, 4) is 16.3 Å². The summed E-state index contributed by atoms with van der Waals surface area (Å²) in [6.07, 6.45) is 0.775. The van der Waals surface area contributed by atoms with Gasteiger partial charge in [-0.05, 0) is 42.9 Å². The van der Waals surface area contributed by atoms with Crippen LogP contribution in [-0.4, -0.2) is 37.4 Å². The molecule has 0 aliphatic rings. The second kappa shape index (κ2) is 10.2. The van der Waals surface area contributed by atoms with Crippen molar-refractivity contribution in [1.82, 2.24) is 30.4 Å². The maximum absolute atomic E-state index is 12.4. The summed E-state index contributed by atoms with van der Waals surface area (Å²) in [5, 5.41) is 20.1. The molecule has 0 saturated heterocycles. The van der Waals surface area contributed by atoms with Crippen LogP contribution in [0.15, 0.2) is 42.5 Å². The topological polar surface area (TPSA) is 93.4 Å². The Bertz CT molecular complexity index is 1300. The van der Waals surface area contributed by atoms with Gasteiger partial charge in [0.25, 0.3) is 5.91 Å². The number of fused-ring (bicyclic) bond motifs is 1. The van der Waals surface area contributed by atoms with Crippen molar-refractivity contribution in [2.45, 2.75) is 26.8 Å². The Balaban J connectivity index is 1.33. The van der Waals surface area contributed by atoms with E-state index in [2.05, 4.69) is 25.9 Å². The highest BCUT2D eigenvalue weighted by molar-refractivity contribution is 7.80. The SMILES string of the molecule is CCOc1ccc(C(=O)NC(=S)NCc2ccc(-c3nn4c(CC)nnc4s3)cc2)cc1Cl. The van der Waals surface area contributed by atoms with E-state index in [1.54, 1.807) is 22.7 Å². The van der Waals surface area contributed by atoms with Crippen molar-refractivity contribution < 1.29 is 9.53 Å². The minimum atomic E-state index is -0.345. The standard InChI is InChI=1S/C22H21ClN6O2S2/c1-3-18-26-27-22-29(18)28-20(33-22)14-7-5-13(6-8-14)12-24-21(32)25-19(30)15-9-10-17(31-4-2)16(23)11-15/h5-11H,3-4,12H2,1-2H3,(H2,24,25,30,32). The van der Waals surface area contributed by atoms with Gasteiger partial charge < -0.3 is 10.1 Å². The van der Waals surface area contributed by atoms with Crippen LogP contribution in [0, 0.1) is 0 Å². The lowest BCUT2D eigenvalue weighted by Crippen LogP contribution is -2.38. The molecule has 11 heteroatoms. The fourth-order valence-electron chi connectivity index (χ4n) is 3.08. The molecule has 0 radical (unpaired) electrons.